The van der Waals surface area contributed by atoms with Crippen LogP contribution >= 0.6 is 0 Å². The molecule has 27 heavy (non-hydrogen) atoms. The van der Waals surface area contributed by atoms with E-state index in [4.69, 9.17) is 0 Å². The van der Waals surface area contributed by atoms with Gasteiger partial charge in [-0.2, -0.15) is 10.4 Å². The van der Waals surface area contributed by atoms with Gasteiger partial charge in [0.25, 0.3) is 0 Å². The molecule has 0 amide bonds. The van der Waals surface area contributed by atoms with E-state index in [1.807, 2.05) is 48.3 Å². The van der Waals surface area contributed by atoms with Crippen molar-refractivity contribution in [1.82, 2.24) is 29.4 Å². The monoisotopic (exact) mass is 361 g/mol. The van der Waals surface area contributed by atoms with Crippen molar-refractivity contribution in [2.75, 3.05) is 13.1 Å². The Labute approximate surface area is 158 Å². The maximum Gasteiger partial charge on any atom is 0.154 e. The quantitative estimate of drug-likeness (QED) is 0.697. The van der Waals surface area contributed by atoms with Crippen molar-refractivity contribution in [3.05, 3.63) is 65.5 Å². The van der Waals surface area contributed by atoms with Crippen LogP contribution in [0.3, 0.4) is 0 Å². The molecule has 0 N–H and O–H groups in total. The van der Waals surface area contributed by atoms with Gasteiger partial charge in [0.15, 0.2) is 5.82 Å². The lowest BCUT2D eigenvalue weighted by Crippen LogP contribution is -2.35. The largest absolute Gasteiger partial charge is 0.316 e. The molecular weight excluding hydrogens is 338 g/mol. The molecule has 4 rings (SSSR count). The van der Waals surface area contributed by atoms with Crippen LogP contribution in [-0.4, -0.2) is 42.5 Å². The summed E-state index contributed by atoms with van der Waals surface area (Å²) >= 11 is 0. The predicted octanol–water partition coefficient (Wildman–Crippen LogP) is 2.31. The first-order valence-corrected chi connectivity index (χ1v) is 9.30. The average molecular weight is 361 g/mol. The summed E-state index contributed by atoms with van der Waals surface area (Å²) in [5.41, 5.74) is 1.86. The van der Waals surface area contributed by atoms with Crippen LogP contribution in [0.1, 0.15) is 41.5 Å². The number of nitriles is 1. The molecule has 138 valence electrons. The first-order chi connectivity index (χ1) is 13.2. The average Bonchev–Trinajstić information content (AvgIpc) is 3.33. The van der Waals surface area contributed by atoms with Gasteiger partial charge < -0.3 is 4.57 Å². The summed E-state index contributed by atoms with van der Waals surface area (Å²) in [4.78, 5) is 2.42. The van der Waals surface area contributed by atoms with Crippen molar-refractivity contribution in [3.63, 3.8) is 0 Å². The van der Waals surface area contributed by atoms with Crippen LogP contribution in [0.5, 0.6) is 0 Å². The number of piperidine rings is 1. The molecule has 1 fully saturated rings. The zero-order valence-corrected chi connectivity index (χ0v) is 15.5. The smallest absolute Gasteiger partial charge is 0.154 e. The topological polar surface area (TPSA) is 75.6 Å². The van der Waals surface area contributed by atoms with E-state index in [-0.39, 0.29) is 0 Å². The van der Waals surface area contributed by atoms with Gasteiger partial charge in [0.2, 0.25) is 0 Å². The fourth-order valence-corrected chi connectivity index (χ4v) is 3.83. The molecule has 3 heterocycles. The van der Waals surface area contributed by atoms with Gasteiger partial charge >= 0.3 is 0 Å². The minimum atomic E-state index is 0.358. The number of hydrogen-bond acceptors (Lipinski definition) is 5. The lowest BCUT2D eigenvalue weighted by Gasteiger charge is -2.32. The third kappa shape index (κ3) is 3.76. The summed E-state index contributed by atoms with van der Waals surface area (Å²) in [6, 6.07) is 12.1. The van der Waals surface area contributed by atoms with Gasteiger partial charge in [-0.1, -0.05) is 18.2 Å². The lowest BCUT2D eigenvalue weighted by molar-refractivity contribution is 0.195. The summed E-state index contributed by atoms with van der Waals surface area (Å²) < 4.78 is 3.97. The second-order valence-electron chi connectivity index (χ2n) is 7.08. The summed E-state index contributed by atoms with van der Waals surface area (Å²) in [6.45, 7) is 3.42. The highest BCUT2D eigenvalue weighted by Gasteiger charge is 2.26. The SMILES string of the molecule is Cn1c(Cn2cccn2)nnc1[C@@H]1CCCN(Cc2ccccc2C#N)C1. The Hall–Kier alpha value is -2.98. The summed E-state index contributed by atoms with van der Waals surface area (Å²) in [7, 11) is 2.04. The minimum Gasteiger partial charge on any atom is -0.316 e. The van der Waals surface area contributed by atoms with Crippen LogP contribution in [0.2, 0.25) is 0 Å². The maximum atomic E-state index is 9.33. The highest BCUT2D eigenvalue weighted by atomic mass is 15.3. The van der Waals surface area contributed by atoms with Crippen LogP contribution in [0.25, 0.3) is 0 Å². The molecule has 0 unspecified atom stereocenters. The van der Waals surface area contributed by atoms with Gasteiger partial charge in [-0.3, -0.25) is 9.58 Å². The van der Waals surface area contributed by atoms with Crippen LogP contribution in [0.15, 0.2) is 42.7 Å². The first kappa shape index (κ1) is 17.4. The predicted molar refractivity (Wildman–Crippen MR) is 101 cm³/mol. The van der Waals surface area contributed by atoms with Crippen LogP contribution in [0.4, 0.5) is 0 Å². The van der Waals surface area contributed by atoms with Gasteiger partial charge in [0.1, 0.15) is 12.4 Å². The highest BCUT2D eigenvalue weighted by molar-refractivity contribution is 5.37. The van der Waals surface area contributed by atoms with Gasteiger partial charge in [-0.05, 0) is 37.1 Å². The molecule has 7 heteroatoms. The lowest BCUT2D eigenvalue weighted by atomic mass is 9.96. The van der Waals surface area contributed by atoms with Crippen LogP contribution < -0.4 is 0 Å². The molecule has 0 bridgehead atoms. The molecule has 0 saturated carbocycles. The Morgan fingerprint density at radius 1 is 1.19 bits per heavy atom. The molecule has 1 aliphatic rings. The van der Waals surface area contributed by atoms with E-state index >= 15 is 0 Å². The molecular formula is C20H23N7. The van der Waals surface area contributed by atoms with Crippen molar-refractivity contribution < 1.29 is 0 Å². The van der Waals surface area contributed by atoms with Crippen molar-refractivity contribution in [1.29, 1.82) is 5.26 Å². The van der Waals surface area contributed by atoms with E-state index in [2.05, 4.69) is 30.8 Å². The van der Waals surface area contributed by atoms with Crippen molar-refractivity contribution in [2.45, 2.75) is 31.8 Å². The number of benzene rings is 1. The second kappa shape index (κ2) is 7.72. The summed E-state index contributed by atoms with van der Waals surface area (Å²) in [5, 5.41) is 22.5. The van der Waals surface area contributed by atoms with E-state index in [1.54, 1.807) is 6.20 Å². The van der Waals surface area contributed by atoms with Crippen molar-refractivity contribution in [3.8, 4) is 6.07 Å². The van der Waals surface area contributed by atoms with Crippen LogP contribution in [-0.2, 0) is 20.1 Å². The number of rotatable bonds is 5. The Morgan fingerprint density at radius 3 is 2.89 bits per heavy atom. The Kier molecular flexibility index (Phi) is 4.99. The third-order valence-electron chi connectivity index (χ3n) is 5.26. The molecule has 1 saturated heterocycles. The van der Waals surface area contributed by atoms with Gasteiger partial charge in [-0.25, -0.2) is 0 Å². The van der Waals surface area contributed by atoms with E-state index in [0.717, 1.165) is 55.3 Å². The van der Waals surface area contributed by atoms with E-state index in [9.17, 15) is 5.26 Å². The van der Waals surface area contributed by atoms with E-state index < -0.39 is 0 Å². The fraction of sp³-hybridized carbons (Fsp3) is 0.400. The van der Waals surface area contributed by atoms with Gasteiger partial charge in [-0.15, -0.1) is 10.2 Å². The summed E-state index contributed by atoms with van der Waals surface area (Å²) in [6.07, 6.45) is 5.95. The van der Waals surface area contributed by atoms with Crippen LogP contribution in [0, 0.1) is 11.3 Å². The number of aromatic nitrogens is 5. The zero-order chi connectivity index (χ0) is 18.6. The Bertz CT molecular complexity index is 936. The number of likely N-dealkylation sites (tertiary alicyclic amines) is 1. The molecule has 2 aromatic heterocycles. The third-order valence-corrected chi connectivity index (χ3v) is 5.26. The van der Waals surface area contributed by atoms with Gasteiger partial charge in [0.05, 0.1) is 11.6 Å². The molecule has 0 radical (unpaired) electrons. The normalized spacial score (nSPS) is 17.7. The molecule has 1 atom stereocenters. The fourth-order valence-electron chi connectivity index (χ4n) is 3.83. The van der Waals surface area contributed by atoms with E-state index in [0.29, 0.717) is 12.5 Å². The minimum absolute atomic E-state index is 0.358. The maximum absolute atomic E-state index is 9.33. The molecule has 0 aliphatic carbocycles. The Morgan fingerprint density at radius 2 is 2.07 bits per heavy atom. The molecule has 3 aromatic rings. The number of hydrogen-bond donors (Lipinski definition) is 0. The zero-order valence-electron chi connectivity index (χ0n) is 15.5. The highest BCUT2D eigenvalue weighted by Crippen LogP contribution is 2.27. The van der Waals surface area contributed by atoms with Crippen molar-refractivity contribution >= 4 is 0 Å². The van der Waals surface area contributed by atoms with E-state index in [1.165, 1.54) is 0 Å². The Balaban J connectivity index is 1.47. The number of nitrogens with zero attached hydrogens (tertiary/aromatic N) is 7. The summed E-state index contributed by atoms with van der Waals surface area (Å²) in [5.74, 6) is 2.31. The molecule has 7 nitrogen and oxygen atoms in total. The second-order valence-corrected chi connectivity index (χ2v) is 7.08. The van der Waals surface area contributed by atoms with Gasteiger partial charge in [0, 0.05) is 38.4 Å². The standard InChI is InChI=1S/C20H23N7/c1-25-19(15-27-11-5-9-22-27)23-24-20(25)18-8-4-10-26(14-18)13-17-7-3-2-6-16(17)12-21/h2-3,5-7,9,11,18H,4,8,10,13-15H2,1H3/t18-/m1/s1. The first-order valence-electron chi connectivity index (χ1n) is 9.30. The molecule has 0 spiro atoms. The van der Waals surface area contributed by atoms with Crippen molar-refractivity contribution in [2.24, 2.45) is 7.05 Å². The molecule has 1 aromatic carbocycles. The molecule has 1 aliphatic heterocycles.